The van der Waals surface area contributed by atoms with Crippen LogP contribution in [0.1, 0.15) is 52.4 Å². The fourth-order valence-corrected chi connectivity index (χ4v) is 2.85. The van der Waals surface area contributed by atoms with Gasteiger partial charge in [-0.15, -0.1) is 0 Å². The molecule has 1 spiro atoms. The van der Waals surface area contributed by atoms with Crippen LogP contribution in [0.5, 0.6) is 0 Å². The maximum absolute atomic E-state index is 11.5. The zero-order chi connectivity index (χ0) is 10.2. The smallest absolute Gasteiger partial charge is 0.164 e. The molecule has 2 heteroatoms. The quantitative estimate of drug-likeness (QED) is 0.644. The number of rotatable bonds is 1. The molecule has 0 amide bonds. The topological polar surface area (TPSA) is 26.3 Å². The van der Waals surface area contributed by atoms with Crippen LogP contribution >= 0.6 is 0 Å². The summed E-state index contributed by atoms with van der Waals surface area (Å²) >= 11 is 0. The molecular formula is C12H20O2. The molecule has 1 unspecified atom stereocenters. The number of carbonyl (C=O) groups excluding carboxylic acids is 1. The van der Waals surface area contributed by atoms with Crippen LogP contribution in [0.25, 0.3) is 0 Å². The van der Waals surface area contributed by atoms with Gasteiger partial charge >= 0.3 is 0 Å². The molecule has 0 aromatic carbocycles. The summed E-state index contributed by atoms with van der Waals surface area (Å²) in [7, 11) is 0. The first-order chi connectivity index (χ1) is 6.65. The molecule has 0 aromatic rings. The molecule has 1 aliphatic heterocycles. The van der Waals surface area contributed by atoms with Gasteiger partial charge in [-0.05, 0) is 38.5 Å². The summed E-state index contributed by atoms with van der Waals surface area (Å²) in [5.74, 6) is 1.18. The fraction of sp³-hybridized carbons (Fsp3) is 0.917. The van der Waals surface area contributed by atoms with Crippen molar-refractivity contribution >= 4 is 5.78 Å². The number of hydrogen-bond acceptors (Lipinski definition) is 2. The Labute approximate surface area is 86.0 Å². The summed E-state index contributed by atoms with van der Waals surface area (Å²) in [4.78, 5) is 11.5. The minimum absolute atomic E-state index is 0.0534. The molecule has 2 aliphatic rings. The lowest BCUT2D eigenvalue weighted by Crippen LogP contribution is -2.34. The highest BCUT2D eigenvalue weighted by Crippen LogP contribution is 2.42. The van der Waals surface area contributed by atoms with Gasteiger partial charge in [0.1, 0.15) is 6.10 Å². The van der Waals surface area contributed by atoms with Crippen LogP contribution in [0, 0.1) is 5.92 Å². The van der Waals surface area contributed by atoms with Crippen LogP contribution in [-0.2, 0) is 9.53 Å². The van der Waals surface area contributed by atoms with Gasteiger partial charge in [0.15, 0.2) is 5.78 Å². The lowest BCUT2D eigenvalue weighted by molar-refractivity contribution is -0.123. The second-order valence-corrected chi connectivity index (χ2v) is 4.94. The van der Waals surface area contributed by atoms with E-state index in [1.165, 1.54) is 19.3 Å². The first-order valence-electron chi connectivity index (χ1n) is 5.86. The summed E-state index contributed by atoms with van der Waals surface area (Å²) in [5.41, 5.74) is -0.0534. The molecule has 0 radical (unpaired) electrons. The molecule has 14 heavy (non-hydrogen) atoms. The Hall–Kier alpha value is -0.370. The van der Waals surface area contributed by atoms with Crippen molar-refractivity contribution in [1.82, 2.24) is 0 Å². The van der Waals surface area contributed by atoms with Crippen LogP contribution in [0.3, 0.4) is 0 Å². The lowest BCUT2D eigenvalue weighted by atomic mass is 9.76. The van der Waals surface area contributed by atoms with Crippen molar-refractivity contribution in [3.8, 4) is 0 Å². The summed E-state index contributed by atoms with van der Waals surface area (Å²) in [5, 5.41) is 0. The zero-order valence-electron chi connectivity index (χ0n) is 9.21. The first-order valence-corrected chi connectivity index (χ1v) is 5.86. The molecule has 1 saturated carbocycles. The van der Waals surface area contributed by atoms with Gasteiger partial charge in [0.2, 0.25) is 0 Å². The monoisotopic (exact) mass is 196 g/mol. The van der Waals surface area contributed by atoms with Crippen LogP contribution in [0.2, 0.25) is 0 Å². The highest BCUT2D eigenvalue weighted by Gasteiger charge is 2.45. The van der Waals surface area contributed by atoms with E-state index in [2.05, 4.69) is 6.92 Å². The predicted octanol–water partition coefficient (Wildman–Crippen LogP) is 2.70. The van der Waals surface area contributed by atoms with E-state index in [0.29, 0.717) is 12.2 Å². The third-order valence-corrected chi connectivity index (χ3v) is 3.97. The molecule has 1 saturated heterocycles. The van der Waals surface area contributed by atoms with Gasteiger partial charge in [0.25, 0.3) is 0 Å². The maximum atomic E-state index is 11.5. The van der Waals surface area contributed by atoms with Crippen LogP contribution in [-0.4, -0.2) is 17.5 Å². The van der Waals surface area contributed by atoms with Gasteiger partial charge in [0.05, 0.1) is 5.60 Å². The highest BCUT2D eigenvalue weighted by molar-refractivity contribution is 5.85. The van der Waals surface area contributed by atoms with Gasteiger partial charge in [-0.3, -0.25) is 4.79 Å². The second-order valence-electron chi connectivity index (χ2n) is 4.94. The van der Waals surface area contributed by atoms with E-state index in [1.807, 2.05) is 6.92 Å². The number of hydrogen-bond donors (Lipinski definition) is 0. The number of carbonyl (C=O) groups is 1. The number of Topliss-reactive ketones (excluding diaryl/α,β-unsaturated/α-hetero) is 1. The zero-order valence-corrected chi connectivity index (χ0v) is 9.21. The Bertz CT molecular complexity index is 226. The lowest BCUT2D eigenvalue weighted by Gasteiger charge is -2.36. The van der Waals surface area contributed by atoms with Gasteiger partial charge in [0, 0.05) is 6.42 Å². The molecule has 1 atom stereocenters. The number of ether oxygens (including phenoxy) is 1. The normalized spacial score (nSPS) is 43.4. The fourth-order valence-electron chi connectivity index (χ4n) is 2.85. The Morgan fingerprint density at radius 2 is 2.07 bits per heavy atom. The Kier molecular flexibility index (Phi) is 2.65. The highest BCUT2D eigenvalue weighted by atomic mass is 16.5. The van der Waals surface area contributed by atoms with E-state index in [0.717, 1.165) is 18.8 Å². The maximum Gasteiger partial charge on any atom is 0.164 e. The summed E-state index contributed by atoms with van der Waals surface area (Å²) in [6.45, 7) is 4.15. The second kappa shape index (κ2) is 3.65. The van der Waals surface area contributed by atoms with Crippen LogP contribution < -0.4 is 0 Å². The van der Waals surface area contributed by atoms with Crippen molar-refractivity contribution in [2.24, 2.45) is 5.92 Å². The van der Waals surface area contributed by atoms with Gasteiger partial charge < -0.3 is 4.74 Å². The Morgan fingerprint density at radius 3 is 2.50 bits per heavy atom. The average Bonchev–Trinajstić information content (AvgIpc) is 2.44. The molecular weight excluding hydrogens is 176 g/mol. The van der Waals surface area contributed by atoms with Crippen molar-refractivity contribution in [1.29, 1.82) is 0 Å². The molecule has 2 nitrogen and oxygen atoms in total. The summed E-state index contributed by atoms with van der Waals surface area (Å²) in [6, 6.07) is 0. The van der Waals surface area contributed by atoms with E-state index in [4.69, 9.17) is 4.74 Å². The first kappa shape index (κ1) is 10.2. The molecule has 0 N–H and O–H groups in total. The molecule has 0 bridgehead atoms. The largest absolute Gasteiger partial charge is 0.364 e. The Balaban J connectivity index is 1.97. The molecule has 1 heterocycles. The average molecular weight is 196 g/mol. The van der Waals surface area contributed by atoms with Crippen molar-refractivity contribution in [2.75, 3.05) is 0 Å². The van der Waals surface area contributed by atoms with E-state index in [9.17, 15) is 4.79 Å². The van der Waals surface area contributed by atoms with Crippen molar-refractivity contribution in [3.63, 3.8) is 0 Å². The molecule has 2 rings (SSSR count). The van der Waals surface area contributed by atoms with Crippen molar-refractivity contribution in [3.05, 3.63) is 0 Å². The van der Waals surface area contributed by atoms with Crippen LogP contribution in [0.4, 0.5) is 0 Å². The number of ketones is 1. The Morgan fingerprint density at radius 1 is 1.43 bits per heavy atom. The SMILES string of the molecule is CCC1CCC2(CC1)CC(=O)C(C)O2. The summed E-state index contributed by atoms with van der Waals surface area (Å²) in [6.07, 6.45) is 6.49. The predicted molar refractivity (Wildman–Crippen MR) is 55.2 cm³/mol. The molecule has 80 valence electrons. The molecule has 2 fully saturated rings. The van der Waals surface area contributed by atoms with Crippen molar-refractivity contribution in [2.45, 2.75) is 64.1 Å². The van der Waals surface area contributed by atoms with E-state index in [-0.39, 0.29) is 11.7 Å². The third kappa shape index (κ3) is 1.72. The molecule has 1 aliphatic carbocycles. The standard InChI is InChI=1S/C12H20O2/c1-3-10-4-6-12(7-5-10)8-11(13)9(2)14-12/h9-10H,3-8H2,1-2H3. The van der Waals surface area contributed by atoms with Crippen molar-refractivity contribution < 1.29 is 9.53 Å². The minimum atomic E-state index is -0.145. The van der Waals surface area contributed by atoms with Gasteiger partial charge in [-0.2, -0.15) is 0 Å². The molecule has 0 aromatic heterocycles. The summed E-state index contributed by atoms with van der Waals surface area (Å²) < 4.78 is 5.85. The van der Waals surface area contributed by atoms with E-state index < -0.39 is 0 Å². The van der Waals surface area contributed by atoms with Crippen LogP contribution in [0.15, 0.2) is 0 Å². The van der Waals surface area contributed by atoms with Gasteiger partial charge in [-0.1, -0.05) is 13.3 Å². The third-order valence-electron chi connectivity index (χ3n) is 3.97. The minimum Gasteiger partial charge on any atom is -0.364 e. The van der Waals surface area contributed by atoms with E-state index in [1.54, 1.807) is 0 Å². The van der Waals surface area contributed by atoms with Gasteiger partial charge in [-0.25, -0.2) is 0 Å². The van der Waals surface area contributed by atoms with E-state index >= 15 is 0 Å².